The van der Waals surface area contributed by atoms with Crippen molar-refractivity contribution in [2.24, 2.45) is 0 Å². The molecule has 0 aliphatic carbocycles. The van der Waals surface area contributed by atoms with E-state index in [0.717, 1.165) is 11.4 Å². The monoisotopic (exact) mass is 406 g/mol. The molecule has 1 aromatic carbocycles. The second kappa shape index (κ2) is 8.82. The molecule has 1 atom stereocenters. The van der Waals surface area contributed by atoms with Crippen molar-refractivity contribution in [3.63, 3.8) is 0 Å². The second-order valence-electron chi connectivity index (χ2n) is 6.75. The molecule has 2 heterocycles. The maximum atomic E-state index is 12.2. The van der Waals surface area contributed by atoms with Gasteiger partial charge in [-0.05, 0) is 5.56 Å². The number of aromatic nitrogens is 2. The van der Waals surface area contributed by atoms with Gasteiger partial charge in [-0.25, -0.2) is 9.97 Å². The average Bonchev–Trinajstić information content (AvgIpc) is 2.73. The van der Waals surface area contributed by atoms with E-state index < -0.39 is 16.3 Å². The summed E-state index contributed by atoms with van der Waals surface area (Å²) in [7, 11) is -0.320. The van der Waals surface area contributed by atoms with E-state index in [1.165, 1.54) is 29.0 Å². The number of piperazine rings is 1. The lowest BCUT2D eigenvalue weighted by Gasteiger charge is -2.35. The average molecular weight is 407 g/mol. The lowest BCUT2D eigenvalue weighted by Crippen LogP contribution is -2.51. The van der Waals surface area contributed by atoms with E-state index in [1.807, 2.05) is 41.3 Å². The first kappa shape index (κ1) is 20.5. The standard InChI is InChI=1S/C18H26N6O3S/c1-22(2)28(26,27)24-10-8-23(9-11-24)18-12-17(20-14-21-18)19-13-16(25)15-6-4-3-5-7-15/h3-7,12,14,16,25H,8-11,13H2,1-2H3,(H,19,20,21)/t16-/m0/s1. The Hall–Kier alpha value is -2.27. The van der Waals surface area contributed by atoms with E-state index in [1.54, 1.807) is 0 Å². The van der Waals surface area contributed by atoms with Crippen LogP contribution in [0.25, 0.3) is 0 Å². The van der Waals surface area contributed by atoms with Gasteiger partial charge in [-0.3, -0.25) is 0 Å². The Bertz CT molecular complexity index is 870. The van der Waals surface area contributed by atoms with Crippen LogP contribution in [0.15, 0.2) is 42.7 Å². The minimum absolute atomic E-state index is 0.329. The molecule has 2 N–H and O–H groups in total. The molecular weight excluding hydrogens is 380 g/mol. The summed E-state index contributed by atoms with van der Waals surface area (Å²) >= 11 is 0. The van der Waals surface area contributed by atoms with Crippen LogP contribution >= 0.6 is 0 Å². The van der Waals surface area contributed by atoms with E-state index in [0.29, 0.717) is 38.5 Å². The summed E-state index contributed by atoms with van der Waals surface area (Å²) in [4.78, 5) is 10.5. The van der Waals surface area contributed by atoms with Crippen molar-refractivity contribution < 1.29 is 13.5 Å². The van der Waals surface area contributed by atoms with Crippen molar-refractivity contribution in [3.05, 3.63) is 48.3 Å². The summed E-state index contributed by atoms with van der Waals surface area (Å²) in [6.45, 7) is 2.24. The predicted octanol–water partition coefficient (Wildman–Crippen LogP) is 0.551. The first-order valence-electron chi connectivity index (χ1n) is 9.09. The van der Waals surface area contributed by atoms with Gasteiger partial charge in [0, 0.05) is 52.9 Å². The Labute approximate surface area is 165 Å². The molecule has 28 heavy (non-hydrogen) atoms. The van der Waals surface area contributed by atoms with Crippen molar-refractivity contribution in [2.45, 2.75) is 6.10 Å². The van der Waals surface area contributed by atoms with Gasteiger partial charge in [0.15, 0.2) is 0 Å². The zero-order chi connectivity index (χ0) is 20.1. The number of benzene rings is 1. The lowest BCUT2D eigenvalue weighted by atomic mass is 10.1. The van der Waals surface area contributed by atoms with Crippen LogP contribution in [0.3, 0.4) is 0 Å². The number of hydrogen-bond donors (Lipinski definition) is 2. The third-order valence-corrected chi connectivity index (χ3v) is 6.60. The number of nitrogens with one attached hydrogen (secondary N) is 1. The van der Waals surface area contributed by atoms with E-state index in [-0.39, 0.29) is 0 Å². The third-order valence-electron chi connectivity index (χ3n) is 4.66. The molecule has 0 saturated carbocycles. The molecule has 1 aliphatic heterocycles. The molecule has 152 valence electrons. The Morgan fingerprint density at radius 1 is 1.14 bits per heavy atom. The highest BCUT2D eigenvalue weighted by Crippen LogP contribution is 2.19. The maximum Gasteiger partial charge on any atom is 0.281 e. The largest absolute Gasteiger partial charge is 0.387 e. The van der Waals surface area contributed by atoms with Gasteiger partial charge in [0.2, 0.25) is 0 Å². The first-order chi connectivity index (χ1) is 13.4. The highest BCUT2D eigenvalue weighted by molar-refractivity contribution is 7.86. The molecule has 9 nitrogen and oxygen atoms in total. The predicted molar refractivity (Wildman–Crippen MR) is 108 cm³/mol. The van der Waals surface area contributed by atoms with Gasteiger partial charge >= 0.3 is 0 Å². The van der Waals surface area contributed by atoms with Gasteiger partial charge in [-0.1, -0.05) is 30.3 Å². The molecule has 1 aliphatic rings. The summed E-state index contributed by atoms with van der Waals surface area (Å²) in [5, 5.41) is 13.4. The molecule has 2 aromatic rings. The van der Waals surface area contributed by atoms with Gasteiger partial charge in [0.05, 0.1) is 6.10 Å². The van der Waals surface area contributed by atoms with Gasteiger partial charge in [0.25, 0.3) is 10.2 Å². The molecule has 0 bridgehead atoms. The molecule has 0 amide bonds. The molecule has 10 heteroatoms. The summed E-state index contributed by atoms with van der Waals surface area (Å²) in [6, 6.07) is 11.2. The normalized spacial score (nSPS) is 16.9. The highest BCUT2D eigenvalue weighted by atomic mass is 32.2. The number of hydrogen-bond acceptors (Lipinski definition) is 7. The molecule has 3 rings (SSSR count). The Balaban J connectivity index is 1.58. The summed E-state index contributed by atoms with van der Waals surface area (Å²) in [5.74, 6) is 1.34. The van der Waals surface area contributed by atoms with E-state index in [2.05, 4.69) is 15.3 Å². The topological polar surface area (TPSA) is 102 Å². The number of anilines is 2. The Morgan fingerprint density at radius 2 is 1.82 bits per heavy atom. The van der Waals surface area contributed by atoms with Crippen LogP contribution in [-0.4, -0.2) is 78.9 Å². The molecular formula is C18H26N6O3S. The zero-order valence-corrected chi connectivity index (χ0v) is 16.9. The molecule has 0 radical (unpaired) electrons. The lowest BCUT2D eigenvalue weighted by molar-refractivity contribution is 0.191. The fourth-order valence-corrected chi connectivity index (χ4v) is 4.08. The Kier molecular flexibility index (Phi) is 6.45. The maximum absolute atomic E-state index is 12.2. The second-order valence-corrected chi connectivity index (χ2v) is 8.89. The smallest absolute Gasteiger partial charge is 0.281 e. The minimum Gasteiger partial charge on any atom is -0.387 e. The van der Waals surface area contributed by atoms with Gasteiger partial charge in [0.1, 0.15) is 18.0 Å². The fourth-order valence-electron chi connectivity index (χ4n) is 2.99. The van der Waals surface area contributed by atoms with E-state index in [4.69, 9.17) is 0 Å². The molecule has 1 aromatic heterocycles. The fraction of sp³-hybridized carbons (Fsp3) is 0.444. The minimum atomic E-state index is -3.39. The van der Waals surface area contributed by atoms with Crippen LogP contribution in [0.1, 0.15) is 11.7 Å². The van der Waals surface area contributed by atoms with Crippen molar-refractivity contribution in [3.8, 4) is 0 Å². The Morgan fingerprint density at radius 3 is 2.46 bits per heavy atom. The molecule has 1 saturated heterocycles. The summed E-state index contributed by atoms with van der Waals surface area (Å²) < 4.78 is 27.1. The third kappa shape index (κ3) is 4.76. The van der Waals surface area contributed by atoms with Crippen molar-refractivity contribution >= 4 is 21.8 Å². The van der Waals surface area contributed by atoms with E-state index >= 15 is 0 Å². The van der Waals surface area contributed by atoms with Crippen LogP contribution in [-0.2, 0) is 10.2 Å². The number of nitrogens with zero attached hydrogens (tertiary/aromatic N) is 5. The summed E-state index contributed by atoms with van der Waals surface area (Å²) in [6.07, 6.45) is 0.828. The number of rotatable bonds is 7. The van der Waals surface area contributed by atoms with Crippen molar-refractivity contribution in [1.29, 1.82) is 0 Å². The highest BCUT2D eigenvalue weighted by Gasteiger charge is 2.29. The van der Waals surface area contributed by atoms with Crippen LogP contribution in [0.4, 0.5) is 11.6 Å². The van der Waals surface area contributed by atoms with E-state index in [9.17, 15) is 13.5 Å². The van der Waals surface area contributed by atoms with Crippen LogP contribution < -0.4 is 10.2 Å². The quantitative estimate of drug-likeness (QED) is 0.692. The SMILES string of the molecule is CN(C)S(=O)(=O)N1CCN(c2cc(NC[C@H](O)c3ccccc3)ncn2)CC1. The van der Waals surface area contributed by atoms with Gasteiger partial charge in [-0.15, -0.1) is 0 Å². The zero-order valence-electron chi connectivity index (χ0n) is 16.1. The van der Waals surface area contributed by atoms with Crippen LogP contribution in [0, 0.1) is 0 Å². The van der Waals surface area contributed by atoms with Crippen molar-refractivity contribution in [1.82, 2.24) is 18.6 Å². The molecule has 0 spiro atoms. The first-order valence-corrected chi connectivity index (χ1v) is 10.5. The van der Waals surface area contributed by atoms with Crippen molar-refractivity contribution in [2.75, 3.05) is 57.0 Å². The van der Waals surface area contributed by atoms with Crippen LogP contribution in [0.5, 0.6) is 0 Å². The molecule has 0 unspecified atom stereocenters. The number of aliphatic hydroxyl groups excluding tert-OH is 1. The van der Waals surface area contributed by atoms with Gasteiger partial charge in [-0.2, -0.15) is 17.0 Å². The summed E-state index contributed by atoms with van der Waals surface area (Å²) in [5.41, 5.74) is 0.836. The van der Waals surface area contributed by atoms with Gasteiger partial charge < -0.3 is 15.3 Å². The molecule has 1 fully saturated rings. The number of aliphatic hydroxyl groups is 1. The van der Waals surface area contributed by atoms with Crippen LogP contribution in [0.2, 0.25) is 0 Å².